The first-order valence-electron chi connectivity index (χ1n) is 15.4. The summed E-state index contributed by atoms with van der Waals surface area (Å²) in [4.78, 5) is -2.55. The van der Waals surface area contributed by atoms with E-state index in [1.807, 2.05) is 0 Å². The molecule has 0 aliphatic heterocycles. The van der Waals surface area contributed by atoms with Crippen LogP contribution in [-0.2, 0) is 40.5 Å². The van der Waals surface area contributed by atoms with Gasteiger partial charge in [-0.25, -0.2) is 33.7 Å². The zero-order valence-electron chi connectivity index (χ0n) is 31.9. The quantitative estimate of drug-likeness (QED) is 0.0425. The Balaban J connectivity index is 0.00000310. The maximum absolute atomic E-state index is 12.3. The van der Waals surface area contributed by atoms with Gasteiger partial charge in [0.1, 0.15) is 51.8 Å². The van der Waals surface area contributed by atoms with Crippen molar-refractivity contribution < 1.29 is 170 Å². The van der Waals surface area contributed by atoms with E-state index in [9.17, 15) is 51.9 Å². The fourth-order valence-electron chi connectivity index (χ4n) is 5.42. The molecule has 288 valence electrons. The standard InChI is InChI=1S/C34H26N6O12S4.4Na/c35-29-13-5-21-15-25(53(41,42)43)9-11-27(21)33(29)39-37-23-7-3-19(31(17-23)55(47,48)49)1-2-20-4-8-24(18-32(20)56(50,51)52)38-40-34-28-12-10-26(54(44,45)46)16-22(28)6-14-30(34)36;;;;/h1-18H,35-36H2,(H,41,42,43)(H,44,45,46)(H,47,48,49)(H,50,51,52);;;;/q;4*+1/p-4/b2-1+,39-37?,40-38?;;;;. The van der Waals surface area contributed by atoms with Crippen LogP contribution in [0.5, 0.6) is 0 Å². The van der Waals surface area contributed by atoms with Gasteiger partial charge in [0.05, 0.1) is 42.3 Å². The van der Waals surface area contributed by atoms with Gasteiger partial charge in [0.15, 0.2) is 0 Å². The minimum absolute atomic E-state index is 0. The van der Waals surface area contributed by atoms with Crippen molar-refractivity contribution >= 4 is 108 Å². The van der Waals surface area contributed by atoms with E-state index in [4.69, 9.17) is 11.5 Å². The van der Waals surface area contributed by atoms with Crippen LogP contribution < -0.4 is 130 Å². The van der Waals surface area contributed by atoms with Crippen molar-refractivity contribution in [2.45, 2.75) is 19.6 Å². The van der Waals surface area contributed by atoms with E-state index in [1.54, 1.807) is 0 Å². The molecule has 0 aliphatic carbocycles. The molecule has 4 N–H and O–H groups in total. The summed E-state index contributed by atoms with van der Waals surface area (Å²) >= 11 is 0. The molecule has 0 saturated heterocycles. The first kappa shape index (κ1) is 54.2. The fraction of sp³-hybridized carbons (Fsp3) is 0. The van der Waals surface area contributed by atoms with Crippen LogP contribution in [0.1, 0.15) is 11.1 Å². The third-order valence-corrected chi connectivity index (χ3v) is 11.5. The van der Waals surface area contributed by atoms with E-state index in [0.717, 1.165) is 48.6 Å². The molecular formula is C34H22N6Na4O12S4. The van der Waals surface area contributed by atoms with Crippen molar-refractivity contribution in [3.8, 4) is 0 Å². The van der Waals surface area contributed by atoms with Gasteiger partial charge in [0.25, 0.3) is 0 Å². The summed E-state index contributed by atoms with van der Waals surface area (Å²) in [5.74, 6) is 0. The molecule has 0 unspecified atom stereocenters. The Labute approximate surface area is 432 Å². The van der Waals surface area contributed by atoms with Crippen LogP contribution in [0.15, 0.2) is 137 Å². The smallest absolute Gasteiger partial charge is 0.744 e. The molecular weight excluding hydrogens is 905 g/mol. The summed E-state index contributed by atoms with van der Waals surface area (Å²) in [5.41, 5.74) is 11.7. The number of rotatable bonds is 10. The minimum Gasteiger partial charge on any atom is -0.744 e. The zero-order chi connectivity index (χ0) is 40.8. The summed E-state index contributed by atoms with van der Waals surface area (Å²) in [6.07, 6.45) is 2.16. The average Bonchev–Trinajstić information content (AvgIpc) is 3.11. The second-order valence-electron chi connectivity index (χ2n) is 11.8. The molecule has 0 spiro atoms. The Morgan fingerprint density at radius 3 is 1.08 bits per heavy atom. The van der Waals surface area contributed by atoms with Gasteiger partial charge in [-0.2, -0.15) is 10.2 Å². The molecule has 6 rings (SSSR count). The molecule has 0 heterocycles. The van der Waals surface area contributed by atoms with Crippen molar-refractivity contribution in [1.29, 1.82) is 0 Å². The molecule has 6 aromatic rings. The fourth-order valence-corrected chi connectivity index (χ4v) is 7.82. The van der Waals surface area contributed by atoms with Crippen LogP contribution in [-0.4, -0.2) is 51.9 Å². The third kappa shape index (κ3) is 12.8. The maximum atomic E-state index is 12.3. The van der Waals surface area contributed by atoms with Crippen molar-refractivity contribution in [3.05, 3.63) is 108 Å². The number of hydrogen-bond donors (Lipinski definition) is 2. The summed E-state index contributed by atoms with van der Waals surface area (Å²) < 4.78 is 142. The molecule has 6 aromatic carbocycles. The molecule has 0 amide bonds. The molecule has 0 atom stereocenters. The van der Waals surface area contributed by atoms with Gasteiger partial charge in [-0.15, -0.1) is 10.2 Å². The number of nitrogens with two attached hydrogens (primary N) is 2. The number of fused-ring (bicyclic) bond motifs is 2. The predicted molar refractivity (Wildman–Crippen MR) is 199 cm³/mol. The van der Waals surface area contributed by atoms with Crippen molar-refractivity contribution in [2.24, 2.45) is 20.5 Å². The normalized spacial score (nSPS) is 12.3. The number of benzene rings is 6. The monoisotopic (exact) mass is 926 g/mol. The minimum atomic E-state index is -5.19. The zero-order valence-corrected chi connectivity index (χ0v) is 43.1. The van der Waals surface area contributed by atoms with Crippen LogP contribution in [0.25, 0.3) is 33.7 Å². The maximum Gasteiger partial charge on any atom is 1.00 e. The van der Waals surface area contributed by atoms with Crippen LogP contribution in [0, 0.1) is 0 Å². The Morgan fingerprint density at radius 1 is 0.417 bits per heavy atom. The van der Waals surface area contributed by atoms with Gasteiger partial charge in [-0.05, 0) is 82.6 Å². The molecule has 60 heavy (non-hydrogen) atoms. The van der Waals surface area contributed by atoms with E-state index in [2.05, 4.69) is 20.5 Å². The summed E-state index contributed by atoms with van der Waals surface area (Å²) in [5, 5.41) is 17.3. The number of anilines is 2. The molecule has 0 bridgehead atoms. The molecule has 26 heteroatoms. The van der Waals surface area contributed by atoms with E-state index in [-0.39, 0.29) is 174 Å². The van der Waals surface area contributed by atoms with Gasteiger partial charge >= 0.3 is 118 Å². The van der Waals surface area contributed by atoms with Crippen molar-refractivity contribution in [2.75, 3.05) is 11.5 Å². The molecule has 18 nitrogen and oxygen atoms in total. The predicted octanol–water partition coefficient (Wildman–Crippen LogP) is -6.21. The summed E-state index contributed by atoms with van der Waals surface area (Å²) in [6.45, 7) is 0. The van der Waals surface area contributed by atoms with E-state index < -0.39 is 60.1 Å². The van der Waals surface area contributed by atoms with Crippen LogP contribution in [0.3, 0.4) is 0 Å². The van der Waals surface area contributed by atoms with Gasteiger partial charge < -0.3 is 29.7 Å². The van der Waals surface area contributed by atoms with E-state index in [0.29, 0.717) is 10.8 Å². The number of nitrogen functional groups attached to an aromatic ring is 2. The first-order valence-corrected chi connectivity index (χ1v) is 21.0. The SMILES string of the molecule is Nc1ccc2cc(S(=O)(=O)[O-])ccc2c1N=Nc1ccc(/C=C/c2ccc(N=Nc3c(N)ccc4cc(S(=O)(=O)[O-])ccc34)cc2S(=O)(=O)[O-])c(S(=O)(=O)[O-])c1.[Na+].[Na+].[Na+].[Na+]. The van der Waals surface area contributed by atoms with Crippen molar-refractivity contribution in [1.82, 2.24) is 0 Å². The topological polar surface area (TPSA) is 330 Å². The van der Waals surface area contributed by atoms with Crippen molar-refractivity contribution in [3.63, 3.8) is 0 Å². The van der Waals surface area contributed by atoms with E-state index in [1.165, 1.54) is 60.7 Å². The number of hydrogen-bond acceptors (Lipinski definition) is 18. The molecule has 0 aliphatic rings. The van der Waals surface area contributed by atoms with E-state index >= 15 is 0 Å². The Morgan fingerprint density at radius 2 is 0.767 bits per heavy atom. The van der Waals surface area contributed by atoms with Gasteiger partial charge in [-0.1, -0.05) is 48.6 Å². The second-order valence-corrected chi connectivity index (χ2v) is 17.2. The summed E-state index contributed by atoms with van der Waals surface area (Å²) in [7, 11) is -19.9. The third-order valence-electron chi connectivity index (χ3n) is 8.07. The van der Waals surface area contributed by atoms with Crippen LogP contribution in [0.2, 0.25) is 0 Å². The average molecular weight is 927 g/mol. The van der Waals surface area contributed by atoms with Gasteiger partial charge in [0.2, 0.25) is 0 Å². The number of nitrogens with zero attached hydrogens (tertiary/aromatic N) is 4. The first-order chi connectivity index (χ1) is 26.1. The summed E-state index contributed by atoms with van der Waals surface area (Å²) in [6, 6.07) is 19.3. The Hall–Kier alpha value is -1.98. The van der Waals surface area contributed by atoms with Gasteiger partial charge in [-0.3, -0.25) is 0 Å². The Bertz CT molecular complexity index is 2980. The van der Waals surface area contributed by atoms with Gasteiger partial charge in [0, 0.05) is 10.8 Å². The molecule has 0 aromatic heterocycles. The Kier molecular flexibility index (Phi) is 19.1. The second kappa shape index (κ2) is 21.1. The molecule has 0 fully saturated rings. The number of azo groups is 2. The largest absolute Gasteiger partial charge is 1.00 e. The molecule has 0 radical (unpaired) electrons. The molecule has 0 saturated carbocycles. The van der Waals surface area contributed by atoms with Crippen LogP contribution >= 0.6 is 0 Å². The van der Waals surface area contributed by atoms with Crippen LogP contribution in [0.4, 0.5) is 34.1 Å².